The molecule has 1 amide bonds. The van der Waals surface area contributed by atoms with Crippen molar-refractivity contribution in [1.29, 1.82) is 0 Å². The molecule has 3 heterocycles. The van der Waals surface area contributed by atoms with E-state index < -0.39 is 0 Å². The van der Waals surface area contributed by atoms with Crippen LogP contribution in [0.5, 0.6) is 11.8 Å². The number of hydrogen-bond acceptors (Lipinski definition) is 7. The largest absolute Gasteiger partial charge is 0.425 e. The molecular formula is C22H25N7O3. The topological polar surface area (TPSA) is 106 Å². The van der Waals surface area contributed by atoms with Crippen LogP contribution in [-0.4, -0.2) is 51.2 Å². The fourth-order valence-electron chi connectivity index (χ4n) is 3.55. The number of carbonyl (C=O) groups excluding carboxylic acids is 1. The first-order chi connectivity index (χ1) is 15.5. The second kappa shape index (κ2) is 9.11. The van der Waals surface area contributed by atoms with Crippen LogP contribution in [0.15, 0.2) is 29.1 Å². The molecule has 4 rings (SSSR count). The molecule has 0 aliphatic carbocycles. The smallest absolute Gasteiger partial charge is 0.306 e. The van der Waals surface area contributed by atoms with Gasteiger partial charge >= 0.3 is 6.01 Å². The molecule has 166 valence electrons. The van der Waals surface area contributed by atoms with Crippen molar-refractivity contribution in [3.8, 4) is 23.6 Å². The van der Waals surface area contributed by atoms with E-state index >= 15 is 0 Å². The van der Waals surface area contributed by atoms with Gasteiger partial charge in [-0.2, -0.15) is 9.97 Å². The van der Waals surface area contributed by atoms with Gasteiger partial charge in [-0.15, -0.1) is 5.92 Å². The summed E-state index contributed by atoms with van der Waals surface area (Å²) >= 11 is 0. The van der Waals surface area contributed by atoms with Crippen molar-refractivity contribution in [2.75, 3.05) is 36.4 Å². The minimum absolute atomic E-state index is 0.132. The van der Waals surface area contributed by atoms with Gasteiger partial charge in [-0.25, -0.2) is 0 Å². The van der Waals surface area contributed by atoms with Crippen molar-refractivity contribution in [3.63, 3.8) is 0 Å². The van der Waals surface area contributed by atoms with Crippen LogP contribution in [0.25, 0.3) is 11.2 Å². The Morgan fingerprint density at radius 1 is 1.22 bits per heavy atom. The lowest BCUT2D eigenvalue weighted by molar-refractivity contribution is -0.114. The predicted octanol–water partition coefficient (Wildman–Crippen LogP) is 1.31. The number of fused-ring (bicyclic) bond motifs is 1. The van der Waals surface area contributed by atoms with E-state index in [4.69, 9.17) is 4.74 Å². The molecule has 3 aromatic rings. The Balaban J connectivity index is 1.73. The van der Waals surface area contributed by atoms with Gasteiger partial charge in [-0.1, -0.05) is 5.92 Å². The maximum atomic E-state index is 13.3. The maximum Gasteiger partial charge on any atom is 0.306 e. The molecule has 0 bridgehead atoms. The molecular weight excluding hydrogens is 410 g/mol. The summed E-state index contributed by atoms with van der Waals surface area (Å²) in [5.74, 6) is 6.94. The standard InChI is InChI=1S/C22H25N7O3/c1-4-5-12-29-18-19(25-21(29)28-13-10-23-11-14-28)26-22(27(3)20(18)31)32-17-8-6-16(7-9-17)24-15(2)30/h6-9,23H,10-14H2,1-3H3,(H,24,30). The summed E-state index contributed by atoms with van der Waals surface area (Å²) in [6.45, 7) is 6.82. The van der Waals surface area contributed by atoms with E-state index in [-0.39, 0.29) is 17.5 Å². The third kappa shape index (κ3) is 4.29. The molecule has 1 fully saturated rings. The van der Waals surface area contributed by atoms with Crippen LogP contribution in [-0.2, 0) is 18.4 Å². The quantitative estimate of drug-likeness (QED) is 0.582. The summed E-state index contributed by atoms with van der Waals surface area (Å²) in [6, 6.07) is 6.96. The number of ether oxygens (including phenoxy) is 1. The molecule has 10 nitrogen and oxygen atoms in total. The lowest BCUT2D eigenvalue weighted by atomic mass is 10.3. The zero-order valence-corrected chi connectivity index (χ0v) is 18.3. The van der Waals surface area contributed by atoms with Crippen LogP contribution in [0.1, 0.15) is 13.8 Å². The van der Waals surface area contributed by atoms with E-state index in [0.29, 0.717) is 35.1 Å². The normalized spacial score (nSPS) is 13.5. The molecule has 1 saturated heterocycles. The number of nitrogens with zero attached hydrogens (tertiary/aromatic N) is 5. The summed E-state index contributed by atoms with van der Waals surface area (Å²) in [6.07, 6.45) is 0. The highest BCUT2D eigenvalue weighted by molar-refractivity contribution is 5.88. The molecule has 1 aliphatic rings. The Kier molecular flexibility index (Phi) is 6.09. The molecule has 2 aromatic heterocycles. The van der Waals surface area contributed by atoms with Gasteiger partial charge < -0.3 is 20.3 Å². The highest BCUT2D eigenvalue weighted by Gasteiger charge is 2.23. The fourth-order valence-corrected chi connectivity index (χ4v) is 3.55. The van der Waals surface area contributed by atoms with E-state index in [9.17, 15) is 9.59 Å². The molecule has 0 spiro atoms. The Morgan fingerprint density at radius 3 is 2.59 bits per heavy atom. The second-order valence-corrected chi connectivity index (χ2v) is 7.40. The highest BCUT2D eigenvalue weighted by Crippen LogP contribution is 2.24. The van der Waals surface area contributed by atoms with Gasteiger partial charge in [0.1, 0.15) is 5.75 Å². The van der Waals surface area contributed by atoms with Crippen molar-refractivity contribution >= 4 is 28.7 Å². The van der Waals surface area contributed by atoms with Crippen molar-refractivity contribution in [2.45, 2.75) is 20.4 Å². The Morgan fingerprint density at radius 2 is 1.94 bits per heavy atom. The SMILES string of the molecule is CC#CCn1c(N2CCNCC2)nc2nc(Oc3ccc(NC(C)=O)cc3)n(C)c(=O)c21. The number of amides is 1. The predicted molar refractivity (Wildman–Crippen MR) is 122 cm³/mol. The van der Waals surface area contributed by atoms with Crippen molar-refractivity contribution in [2.24, 2.45) is 7.05 Å². The Labute approximate surface area is 185 Å². The van der Waals surface area contributed by atoms with Crippen LogP contribution in [0, 0.1) is 11.8 Å². The lowest BCUT2D eigenvalue weighted by Gasteiger charge is -2.28. The Hall–Kier alpha value is -3.84. The van der Waals surface area contributed by atoms with E-state index in [2.05, 4.69) is 37.3 Å². The van der Waals surface area contributed by atoms with E-state index in [1.54, 1.807) is 38.2 Å². The van der Waals surface area contributed by atoms with Crippen LogP contribution >= 0.6 is 0 Å². The van der Waals surface area contributed by atoms with Crippen LogP contribution in [0.3, 0.4) is 0 Å². The molecule has 0 unspecified atom stereocenters. The number of carbonyl (C=O) groups is 1. The molecule has 1 aliphatic heterocycles. The average Bonchev–Trinajstić information content (AvgIpc) is 3.15. The van der Waals surface area contributed by atoms with Gasteiger partial charge in [0.05, 0.1) is 6.54 Å². The summed E-state index contributed by atoms with van der Waals surface area (Å²) in [4.78, 5) is 35.8. The van der Waals surface area contributed by atoms with E-state index in [0.717, 1.165) is 26.2 Å². The van der Waals surface area contributed by atoms with Gasteiger partial charge in [0.2, 0.25) is 11.9 Å². The first-order valence-corrected chi connectivity index (χ1v) is 10.4. The summed E-state index contributed by atoms with van der Waals surface area (Å²) in [7, 11) is 1.61. The van der Waals surface area contributed by atoms with Crippen LogP contribution in [0.4, 0.5) is 11.6 Å². The summed E-state index contributed by atoms with van der Waals surface area (Å²) < 4.78 is 9.07. The third-order valence-corrected chi connectivity index (χ3v) is 5.12. The van der Waals surface area contributed by atoms with Crippen molar-refractivity contribution in [3.05, 3.63) is 34.6 Å². The van der Waals surface area contributed by atoms with E-state index in [1.165, 1.54) is 11.5 Å². The monoisotopic (exact) mass is 435 g/mol. The Bertz CT molecular complexity index is 1260. The maximum absolute atomic E-state index is 13.3. The summed E-state index contributed by atoms with van der Waals surface area (Å²) in [5, 5.41) is 6.02. The molecule has 0 saturated carbocycles. The number of aromatic nitrogens is 4. The number of imidazole rings is 1. The van der Waals surface area contributed by atoms with Gasteiger partial charge in [0.25, 0.3) is 5.56 Å². The number of benzene rings is 1. The molecule has 1 aromatic carbocycles. The van der Waals surface area contributed by atoms with Crippen LogP contribution in [0.2, 0.25) is 0 Å². The van der Waals surface area contributed by atoms with Crippen molar-refractivity contribution < 1.29 is 9.53 Å². The molecule has 0 atom stereocenters. The third-order valence-electron chi connectivity index (χ3n) is 5.12. The number of hydrogen-bond donors (Lipinski definition) is 2. The minimum Gasteiger partial charge on any atom is -0.425 e. The minimum atomic E-state index is -0.258. The van der Waals surface area contributed by atoms with Gasteiger partial charge in [-0.05, 0) is 31.2 Å². The first kappa shape index (κ1) is 21.4. The number of anilines is 2. The van der Waals surface area contributed by atoms with Gasteiger partial charge in [0, 0.05) is 45.8 Å². The molecule has 2 N–H and O–H groups in total. The average molecular weight is 435 g/mol. The number of nitrogens with one attached hydrogen (secondary N) is 2. The van der Waals surface area contributed by atoms with Crippen molar-refractivity contribution in [1.82, 2.24) is 24.4 Å². The molecule has 10 heteroatoms. The van der Waals surface area contributed by atoms with Gasteiger partial charge in [0.15, 0.2) is 11.2 Å². The number of piperazine rings is 1. The molecule has 32 heavy (non-hydrogen) atoms. The second-order valence-electron chi connectivity index (χ2n) is 7.40. The highest BCUT2D eigenvalue weighted by atomic mass is 16.5. The fraction of sp³-hybridized carbons (Fsp3) is 0.364. The number of rotatable bonds is 5. The summed E-state index contributed by atoms with van der Waals surface area (Å²) in [5.41, 5.74) is 1.12. The zero-order valence-electron chi connectivity index (χ0n) is 18.3. The van der Waals surface area contributed by atoms with Gasteiger partial charge in [-0.3, -0.25) is 18.7 Å². The van der Waals surface area contributed by atoms with Crippen LogP contribution < -0.4 is 25.8 Å². The van der Waals surface area contributed by atoms with E-state index in [1.807, 2.05) is 4.57 Å². The zero-order chi connectivity index (χ0) is 22.7. The molecule has 0 radical (unpaired) electrons. The lowest BCUT2D eigenvalue weighted by Crippen LogP contribution is -2.44. The first-order valence-electron chi connectivity index (χ1n) is 10.4.